The van der Waals surface area contributed by atoms with E-state index in [1.54, 1.807) is 11.0 Å². The van der Waals surface area contributed by atoms with E-state index in [-0.39, 0.29) is 11.8 Å². The van der Waals surface area contributed by atoms with E-state index in [4.69, 9.17) is 5.73 Å². The van der Waals surface area contributed by atoms with E-state index in [1.165, 1.54) is 11.1 Å². The Bertz CT molecular complexity index is 678. The molecule has 2 aromatic carbocycles. The van der Waals surface area contributed by atoms with E-state index in [1.807, 2.05) is 19.2 Å². The van der Waals surface area contributed by atoms with E-state index in [0.717, 1.165) is 5.56 Å². The molecule has 1 atom stereocenters. The van der Waals surface area contributed by atoms with Gasteiger partial charge in [-0.05, 0) is 24.1 Å². The van der Waals surface area contributed by atoms with Crippen LogP contribution in [0.2, 0.25) is 0 Å². The maximum absolute atomic E-state index is 12.3. The van der Waals surface area contributed by atoms with Crippen LogP contribution in [0.1, 0.15) is 33.0 Å². The van der Waals surface area contributed by atoms with Gasteiger partial charge in [-0.15, -0.1) is 0 Å². The molecule has 0 spiro atoms. The normalized spacial score (nSPS) is 18.0. The third kappa shape index (κ3) is 1.95. The lowest BCUT2D eigenvalue weighted by molar-refractivity contribution is 0.0773. The van der Waals surface area contributed by atoms with E-state index in [2.05, 4.69) is 31.2 Å². The van der Waals surface area contributed by atoms with Crippen molar-refractivity contribution in [2.75, 3.05) is 19.3 Å². The number of nitrogen functional groups attached to an aromatic ring is 1. The molecule has 2 aromatic rings. The number of hydrogen-bond donors (Lipinski definition) is 1. The summed E-state index contributed by atoms with van der Waals surface area (Å²) in [6.07, 6.45) is 0. The average molecular weight is 266 g/mol. The molecule has 3 nitrogen and oxygen atoms in total. The average Bonchev–Trinajstić information content (AvgIpc) is 2.42. The van der Waals surface area contributed by atoms with Crippen LogP contribution >= 0.6 is 0 Å². The van der Waals surface area contributed by atoms with Crippen LogP contribution < -0.4 is 5.73 Å². The van der Waals surface area contributed by atoms with Gasteiger partial charge in [0.15, 0.2) is 0 Å². The molecule has 0 aromatic heterocycles. The number of rotatable bonds is 1. The first-order valence-corrected chi connectivity index (χ1v) is 6.78. The Kier molecular flexibility index (Phi) is 2.97. The molecule has 1 unspecified atom stereocenters. The van der Waals surface area contributed by atoms with Crippen LogP contribution in [0, 0.1) is 6.92 Å². The van der Waals surface area contributed by atoms with E-state index >= 15 is 0 Å². The van der Waals surface area contributed by atoms with E-state index in [0.29, 0.717) is 17.8 Å². The summed E-state index contributed by atoms with van der Waals surface area (Å²) in [5.41, 5.74) is 10.7. The zero-order valence-electron chi connectivity index (χ0n) is 11.8. The van der Waals surface area contributed by atoms with Gasteiger partial charge in [-0.2, -0.15) is 0 Å². The van der Waals surface area contributed by atoms with Crippen LogP contribution in [-0.4, -0.2) is 24.4 Å². The molecule has 3 rings (SSSR count). The third-order valence-electron chi connectivity index (χ3n) is 3.97. The fourth-order valence-electron chi connectivity index (χ4n) is 2.94. The molecule has 20 heavy (non-hydrogen) atoms. The van der Waals surface area contributed by atoms with Crippen molar-refractivity contribution in [1.29, 1.82) is 0 Å². The molecule has 1 aliphatic heterocycles. The monoisotopic (exact) mass is 266 g/mol. The zero-order chi connectivity index (χ0) is 14.3. The number of fused-ring (bicyclic) bond motifs is 1. The second kappa shape index (κ2) is 4.67. The molecule has 1 amide bonds. The Morgan fingerprint density at radius 3 is 2.70 bits per heavy atom. The topological polar surface area (TPSA) is 46.3 Å². The number of nitrogens with two attached hydrogens (primary N) is 1. The summed E-state index contributed by atoms with van der Waals surface area (Å²) in [6.45, 7) is 2.78. The van der Waals surface area contributed by atoms with Gasteiger partial charge in [-0.1, -0.05) is 42.0 Å². The Labute approximate surface area is 119 Å². The van der Waals surface area contributed by atoms with E-state index in [9.17, 15) is 4.79 Å². The highest BCUT2D eigenvalue weighted by Gasteiger charge is 2.31. The zero-order valence-corrected chi connectivity index (χ0v) is 11.8. The number of hydrogen-bond acceptors (Lipinski definition) is 2. The highest BCUT2D eigenvalue weighted by Crippen LogP contribution is 2.35. The molecule has 3 heteroatoms. The summed E-state index contributed by atoms with van der Waals surface area (Å²) in [5, 5.41) is 0. The first-order chi connectivity index (χ1) is 9.58. The highest BCUT2D eigenvalue weighted by atomic mass is 16.2. The van der Waals surface area contributed by atoms with Gasteiger partial charge in [0.2, 0.25) is 0 Å². The van der Waals surface area contributed by atoms with Gasteiger partial charge in [-0.3, -0.25) is 4.79 Å². The van der Waals surface area contributed by atoms with Crippen molar-refractivity contribution in [3.63, 3.8) is 0 Å². The Morgan fingerprint density at radius 2 is 1.95 bits per heavy atom. The quantitative estimate of drug-likeness (QED) is 0.807. The Morgan fingerprint density at radius 1 is 1.20 bits per heavy atom. The molecule has 102 valence electrons. The summed E-state index contributed by atoms with van der Waals surface area (Å²) in [6, 6.07) is 14.2. The summed E-state index contributed by atoms with van der Waals surface area (Å²) in [4.78, 5) is 14.1. The molecule has 0 radical (unpaired) electrons. The van der Waals surface area contributed by atoms with Gasteiger partial charge in [0.1, 0.15) is 0 Å². The minimum atomic E-state index is 0.0157. The molecule has 0 bridgehead atoms. The maximum atomic E-state index is 12.3. The fraction of sp³-hybridized carbons (Fsp3) is 0.235. The lowest BCUT2D eigenvalue weighted by atomic mass is 9.83. The number of aryl methyl sites for hydroxylation is 1. The van der Waals surface area contributed by atoms with Crippen molar-refractivity contribution in [2.24, 2.45) is 0 Å². The van der Waals surface area contributed by atoms with Crippen LogP contribution in [-0.2, 0) is 0 Å². The molecular weight excluding hydrogens is 248 g/mol. The number of carbonyl (C=O) groups excluding carboxylic acids is 1. The second-order valence-corrected chi connectivity index (χ2v) is 5.46. The lowest BCUT2D eigenvalue weighted by Gasteiger charge is -2.33. The number of carbonyl (C=O) groups is 1. The minimum Gasteiger partial charge on any atom is -0.398 e. The Hall–Kier alpha value is -2.29. The Balaban J connectivity index is 2.17. The second-order valence-electron chi connectivity index (χ2n) is 5.46. The number of nitrogens with zero attached hydrogens (tertiary/aromatic N) is 1. The summed E-state index contributed by atoms with van der Waals surface area (Å²) < 4.78 is 0. The first kappa shape index (κ1) is 12.7. The van der Waals surface area contributed by atoms with Gasteiger partial charge in [-0.25, -0.2) is 0 Å². The highest BCUT2D eigenvalue weighted by molar-refractivity contribution is 6.02. The molecule has 0 aliphatic carbocycles. The van der Waals surface area contributed by atoms with Crippen LogP contribution in [0.4, 0.5) is 5.69 Å². The van der Waals surface area contributed by atoms with Crippen molar-refractivity contribution in [3.05, 3.63) is 64.7 Å². The predicted molar refractivity (Wildman–Crippen MR) is 80.8 cm³/mol. The molecule has 1 heterocycles. The van der Waals surface area contributed by atoms with Crippen molar-refractivity contribution in [2.45, 2.75) is 12.8 Å². The number of likely N-dealkylation sites (N-methyl/N-ethyl adjacent to an activating group) is 1. The van der Waals surface area contributed by atoms with Gasteiger partial charge in [0.25, 0.3) is 5.91 Å². The molecule has 1 aliphatic rings. The summed E-state index contributed by atoms with van der Waals surface area (Å²) >= 11 is 0. The fourth-order valence-corrected chi connectivity index (χ4v) is 2.94. The van der Waals surface area contributed by atoms with Gasteiger partial charge >= 0.3 is 0 Å². The third-order valence-corrected chi connectivity index (χ3v) is 3.97. The summed E-state index contributed by atoms with van der Waals surface area (Å²) in [7, 11) is 1.83. The number of amides is 1. The van der Waals surface area contributed by atoms with Crippen molar-refractivity contribution in [1.82, 2.24) is 4.90 Å². The van der Waals surface area contributed by atoms with Crippen LogP contribution in [0.3, 0.4) is 0 Å². The van der Waals surface area contributed by atoms with Crippen LogP contribution in [0.15, 0.2) is 42.5 Å². The number of benzene rings is 2. The minimum absolute atomic E-state index is 0.0157. The SMILES string of the molecule is Cc1cccc(C2CN(C)C(=O)c3c(N)cccc32)c1. The standard InChI is InChI=1S/C17H18N2O/c1-11-5-3-6-12(9-11)14-10-19(2)17(20)16-13(14)7-4-8-15(16)18/h3-9,14H,10,18H2,1-2H3. The van der Waals surface area contributed by atoms with Crippen LogP contribution in [0.25, 0.3) is 0 Å². The van der Waals surface area contributed by atoms with Crippen molar-refractivity contribution < 1.29 is 4.79 Å². The maximum Gasteiger partial charge on any atom is 0.256 e. The van der Waals surface area contributed by atoms with Crippen molar-refractivity contribution in [3.8, 4) is 0 Å². The first-order valence-electron chi connectivity index (χ1n) is 6.78. The number of anilines is 1. The molecule has 2 N–H and O–H groups in total. The van der Waals surface area contributed by atoms with Crippen molar-refractivity contribution >= 4 is 11.6 Å². The molecular formula is C17H18N2O. The smallest absolute Gasteiger partial charge is 0.256 e. The summed E-state index contributed by atoms with van der Waals surface area (Å²) in [5.74, 6) is 0.207. The molecule has 0 fully saturated rings. The van der Waals surface area contributed by atoms with Gasteiger partial charge in [0, 0.05) is 25.2 Å². The van der Waals surface area contributed by atoms with Crippen LogP contribution in [0.5, 0.6) is 0 Å². The van der Waals surface area contributed by atoms with Gasteiger partial charge in [0.05, 0.1) is 5.56 Å². The van der Waals surface area contributed by atoms with E-state index < -0.39 is 0 Å². The van der Waals surface area contributed by atoms with Gasteiger partial charge < -0.3 is 10.6 Å². The lowest BCUT2D eigenvalue weighted by Crippen LogP contribution is -2.37. The largest absolute Gasteiger partial charge is 0.398 e. The molecule has 0 saturated heterocycles. The predicted octanol–water partition coefficient (Wildman–Crippen LogP) is 2.79. The molecule has 0 saturated carbocycles.